The molecule has 0 fully saturated rings. The molecule has 0 radical (unpaired) electrons. The molecule has 196 valence electrons. The summed E-state index contributed by atoms with van der Waals surface area (Å²) in [6.07, 6.45) is 4.61. The van der Waals surface area contributed by atoms with E-state index in [2.05, 4.69) is 46.5 Å². The molecule has 2 aromatic heterocycles. The minimum absolute atomic E-state index is 0.418. The van der Waals surface area contributed by atoms with Crippen LogP contribution in [0.2, 0.25) is 0 Å². The van der Waals surface area contributed by atoms with Crippen LogP contribution in [-0.2, 0) is 7.05 Å². The normalized spacial score (nSPS) is 11.6. The van der Waals surface area contributed by atoms with Gasteiger partial charge in [0.1, 0.15) is 18.2 Å². The Morgan fingerprint density at radius 3 is 2.38 bits per heavy atom. The minimum atomic E-state index is -0.545. The van der Waals surface area contributed by atoms with Crippen molar-refractivity contribution >= 4 is 22.3 Å². The van der Waals surface area contributed by atoms with Crippen molar-refractivity contribution in [1.82, 2.24) is 20.1 Å². The summed E-state index contributed by atoms with van der Waals surface area (Å²) in [5, 5.41) is 8.71. The summed E-state index contributed by atoms with van der Waals surface area (Å²) in [4.78, 5) is 7.20. The zero-order valence-electron chi connectivity index (χ0n) is 22.5. The van der Waals surface area contributed by atoms with Gasteiger partial charge in [-0.25, -0.2) is 9.37 Å². The second-order valence-electron chi connectivity index (χ2n) is 9.95. The molecule has 37 heavy (non-hydrogen) atoms. The van der Waals surface area contributed by atoms with Crippen molar-refractivity contribution in [2.24, 2.45) is 7.05 Å². The van der Waals surface area contributed by atoms with Crippen LogP contribution >= 0.6 is 0 Å². The van der Waals surface area contributed by atoms with Crippen molar-refractivity contribution < 1.29 is 13.9 Å². The topological polar surface area (TPSA) is 64.4 Å². The molecule has 0 spiro atoms. The highest BCUT2D eigenvalue weighted by molar-refractivity contribution is 5.88. The van der Waals surface area contributed by atoms with Crippen LogP contribution in [0.3, 0.4) is 0 Å². The number of alkyl halides is 1. The van der Waals surface area contributed by atoms with Gasteiger partial charge in [-0.05, 0) is 57.5 Å². The lowest BCUT2D eigenvalue weighted by Gasteiger charge is -2.28. The number of rotatable bonds is 11. The number of pyridine rings is 1. The van der Waals surface area contributed by atoms with Gasteiger partial charge in [0.05, 0.1) is 31.6 Å². The molecule has 2 aromatic carbocycles. The van der Waals surface area contributed by atoms with Gasteiger partial charge in [0.25, 0.3) is 0 Å². The summed E-state index contributed by atoms with van der Waals surface area (Å²) in [6, 6.07) is 14.3. The zero-order valence-corrected chi connectivity index (χ0v) is 22.5. The van der Waals surface area contributed by atoms with E-state index in [1.54, 1.807) is 18.9 Å². The molecule has 0 atom stereocenters. The summed E-state index contributed by atoms with van der Waals surface area (Å²) in [6.45, 7) is 6.82. The molecule has 4 aromatic rings. The molecule has 0 aliphatic carbocycles. The molecule has 0 aliphatic heterocycles. The lowest BCUT2D eigenvalue weighted by atomic mass is 10.1. The maximum atomic E-state index is 13.3. The van der Waals surface area contributed by atoms with Crippen molar-refractivity contribution in [3.63, 3.8) is 0 Å². The van der Waals surface area contributed by atoms with Gasteiger partial charge in [-0.3, -0.25) is 4.68 Å². The minimum Gasteiger partial charge on any atom is -0.497 e. The van der Waals surface area contributed by atoms with Crippen LogP contribution in [0, 0.1) is 6.92 Å². The predicted octanol–water partition coefficient (Wildman–Crippen LogP) is 5.83. The number of fused-ring (bicyclic) bond motifs is 1. The first kappa shape index (κ1) is 26.4. The Morgan fingerprint density at radius 2 is 1.76 bits per heavy atom. The molecular weight excluding hydrogens is 469 g/mol. The van der Waals surface area contributed by atoms with Gasteiger partial charge in [0.15, 0.2) is 0 Å². The quantitative estimate of drug-likeness (QED) is 0.259. The van der Waals surface area contributed by atoms with Gasteiger partial charge in [-0.1, -0.05) is 6.07 Å². The Bertz CT molecular complexity index is 1350. The average molecular weight is 506 g/mol. The highest BCUT2D eigenvalue weighted by Gasteiger charge is 2.18. The summed E-state index contributed by atoms with van der Waals surface area (Å²) >= 11 is 0. The van der Waals surface area contributed by atoms with Gasteiger partial charge in [0.2, 0.25) is 0 Å². The number of aryl methyl sites for hydroxylation is 2. The van der Waals surface area contributed by atoms with Crippen LogP contribution in [0.4, 0.5) is 15.8 Å². The third kappa shape index (κ3) is 6.20. The molecule has 0 saturated heterocycles. The number of ether oxygens (including phenoxy) is 2. The maximum absolute atomic E-state index is 13.3. The van der Waals surface area contributed by atoms with Crippen LogP contribution in [-0.4, -0.2) is 54.3 Å². The SMILES string of the molecule is COc1cc(OC)cc(N(CCCNC(C)(C)CF)c2ccc3c(C)cc(-c4cnn(C)c4)nc3c2)c1. The Balaban J connectivity index is 1.73. The molecule has 7 nitrogen and oxygen atoms in total. The van der Waals surface area contributed by atoms with Crippen LogP contribution in [0.25, 0.3) is 22.2 Å². The first-order valence-corrected chi connectivity index (χ1v) is 12.4. The van der Waals surface area contributed by atoms with E-state index < -0.39 is 12.2 Å². The Labute approximate surface area is 218 Å². The fraction of sp³-hybridized carbons (Fsp3) is 0.379. The van der Waals surface area contributed by atoms with Crippen molar-refractivity contribution in [1.29, 1.82) is 0 Å². The lowest BCUT2D eigenvalue weighted by molar-refractivity contribution is 0.288. The van der Waals surface area contributed by atoms with E-state index in [4.69, 9.17) is 14.5 Å². The Kier molecular flexibility index (Phi) is 7.97. The molecular formula is C29H36FN5O2. The van der Waals surface area contributed by atoms with Gasteiger partial charge in [0, 0.05) is 65.9 Å². The summed E-state index contributed by atoms with van der Waals surface area (Å²) in [5.74, 6) is 1.43. The van der Waals surface area contributed by atoms with Crippen molar-refractivity contribution in [2.45, 2.75) is 32.7 Å². The number of nitrogens with zero attached hydrogens (tertiary/aromatic N) is 4. The summed E-state index contributed by atoms with van der Waals surface area (Å²) in [5.41, 5.74) is 5.34. The van der Waals surface area contributed by atoms with E-state index >= 15 is 0 Å². The molecule has 0 unspecified atom stereocenters. The van der Waals surface area contributed by atoms with E-state index in [9.17, 15) is 4.39 Å². The van der Waals surface area contributed by atoms with E-state index in [1.807, 2.05) is 51.5 Å². The number of hydrogen-bond acceptors (Lipinski definition) is 6. The highest BCUT2D eigenvalue weighted by atomic mass is 19.1. The smallest absolute Gasteiger partial charge is 0.124 e. The third-order valence-electron chi connectivity index (χ3n) is 6.46. The van der Waals surface area contributed by atoms with E-state index in [1.165, 1.54) is 0 Å². The molecule has 0 bridgehead atoms. The van der Waals surface area contributed by atoms with Gasteiger partial charge < -0.3 is 19.7 Å². The molecule has 1 N–H and O–H groups in total. The number of methoxy groups -OCH3 is 2. The number of nitrogens with one attached hydrogen (secondary N) is 1. The maximum Gasteiger partial charge on any atom is 0.124 e. The summed E-state index contributed by atoms with van der Waals surface area (Å²) in [7, 11) is 5.20. The van der Waals surface area contributed by atoms with Crippen molar-refractivity contribution in [2.75, 3.05) is 38.9 Å². The first-order chi connectivity index (χ1) is 17.7. The molecule has 0 saturated carbocycles. The standard InChI is InChI=1S/C29H36FN5O2/c1-20-12-27(21-17-32-34(4)18-21)33-28-15-22(8-9-26(20)28)35(11-7-10-31-29(2,3)19-30)23-13-24(36-5)16-25(14-23)37-6/h8-9,12-18,31H,7,10-11,19H2,1-6H3. The van der Waals surface area contributed by atoms with Gasteiger partial charge >= 0.3 is 0 Å². The average Bonchev–Trinajstić information content (AvgIpc) is 3.34. The van der Waals surface area contributed by atoms with Crippen LogP contribution in [0.5, 0.6) is 11.5 Å². The van der Waals surface area contributed by atoms with Gasteiger partial charge in [-0.2, -0.15) is 5.10 Å². The van der Waals surface area contributed by atoms with E-state index in [0.717, 1.165) is 45.5 Å². The number of aromatic nitrogens is 3. The number of anilines is 2. The Morgan fingerprint density at radius 1 is 1.03 bits per heavy atom. The second-order valence-corrected chi connectivity index (χ2v) is 9.95. The van der Waals surface area contributed by atoms with E-state index in [-0.39, 0.29) is 0 Å². The molecule has 2 heterocycles. The second kappa shape index (κ2) is 11.2. The fourth-order valence-electron chi connectivity index (χ4n) is 4.33. The number of benzene rings is 2. The molecule has 4 rings (SSSR count). The van der Waals surface area contributed by atoms with Crippen LogP contribution < -0.4 is 19.7 Å². The lowest BCUT2D eigenvalue weighted by Crippen LogP contribution is -2.42. The van der Waals surface area contributed by atoms with Crippen molar-refractivity contribution in [3.05, 3.63) is 60.4 Å². The van der Waals surface area contributed by atoms with Gasteiger partial charge in [-0.15, -0.1) is 0 Å². The first-order valence-electron chi connectivity index (χ1n) is 12.4. The van der Waals surface area contributed by atoms with Crippen LogP contribution in [0.1, 0.15) is 25.8 Å². The summed E-state index contributed by atoms with van der Waals surface area (Å²) < 4.78 is 26.1. The van der Waals surface area contributed by atoms with Crippen molar-refractivity contribution in [3.8, 4) is 22.8 Å². The zero-order chi connectivity index (χ0) is 26.6. The predicted molar refractivity (Wildman–Crippen MR) is 148 cm³/mol. The van der Waals surface area contributed by atoms with Crippen LogP contribution in [0.15, 0.2) is 54.9 Å². The monoisotopic (exact) mass is 505 g/mol. The highest BCUT2D eigenvalue weighted by Crippen LogP contribution is 2.35. The molecule has 0 amide bonds. The fourth-order valence-corrected chi connectivity index (χ4v) is 4.33. The number of hydrogen-bond donors (Lipinski definition) is 1. The third-order valence-corrected chi connectivity index (χ3v) is 6.46. The molecule has 8 heteroatoms. The van der Waals surface area contributed by atoms with E-state index in [0.29, 0.717) is 24.6 Å². The molecule has 0 aliphatic rings. The largest absolute Gasteiger partial charge is 0.497 e. The Hall–Kier alpha value is -3.65. The number of halogens is 1.